The number of rotatable bonds is 4. The first kappa shape index (κ1) is 41.7. The SMILES string of the molecule is C=C(C)C1CCC(C)CC1.CC.CCC(C)C.CCCC.CCc1ccc(C)cc1C.Cc1cccc(C)c1. The van der Waals surface area contributed by atoms with E-state index in [4.69, 9.17) is 0 Å². The summed E-state index contributed by atoms with van der Waals surface area (Å²) >= 11 is 0. The lowest BCUT2D eigenvalue weighted by Crippen LogP contribution is -2.12. The van der Waals surface area contributed by atoms with Crippen LogP contribution in [0.3, 0.4) is 0 Å². The van der Waals surface area contributed by atoms with Crippen LogP contribution < -0.4 is 0 Å². The summed E-state index contributed by atoms with van der Waals surface area (Å²) < 4.78 is 0. The second-order valence-electron chi connectivity index (χ2n) is 11.5. The fourth-order valence-corrected chi connectivity index (χ4v) is 3.80. The minimum absolute atomic E-state index is 0.844. The molecule has 0 saturated heterocycles. The number of hydrogen-bond acceptors (Lipinski definition) is 0. The van der Waals surface area contributed by atoms with Crippen molar-refractivity contribution in [3.8, 4) is 0 Å². The third-order valence-corrected chi connectivity index (χ3v) is 7.08. The van der Waals surface area contributed by atoms with Crippen LogP contribution in [-0.4, -0.2) is 0 Å². The first-order valence-electron chi connectivity index (χ1n) is 16.2. The van der Waals surface area contributed by atoms with Gasteiger partial charge in [0.15, 0.2) is 0 Å². The van der Waals surface area contributed by atoms with Gasteiger partial charge in [0.05, 0.1) is 0 Å². The molecule has 0 atom stereocenters. The zero-order valence-corrected chi connectivity index (χ0v) is 29.1. The lowest BCUT2D eigenvalue weighted by Gasteiger charge is -2.26. The predicted octanol–water partition coefficient (Wildman–Crippen LogP) is 13.4. The van der Waals surface area contributed by atoms with Gasteiger partial charge in [0, 0.05) is 0 Å². The van der Waals surface area contributed by atoms with E-state index in [9.17, 15) is 0 Å². The Labute approximate surface area is 248 Å². The van der Waals surface area contributed by atoms with Crippen LogP contribution in [-0.2, 0) is 6.42 Å². The summed E-state index contributed by atoms with van der Waals surface area (Å²) in [6.07, 6.45) is 10.7. The predicted molar refractivity (Wildman–Crippen MR) is 184 cm³/mol. The van der Waals surface area contributed by atoms with Crippen molar-refractivity contribution < 1.29 is 0 Å². The molecule has 0 nitrogen and oxygen atoms in total. The molecule has 0 spiro atoms. The molecule has 226 valence electrons. The van der Waals surface area contributed by atoms with Crippen LogP contribution >= 0.6 is 0 Å². The van der Waals surface area contributed by atoms with Gasteiger partial charge >= 0.3 is 0 Å². The third kappa shape index (κ3) is 26.2. The van der Waals surface area contributed by atoms with Gasteiger partial charge in [-0.25, -0.2) is 0 Å². The minimum atomic E-state index is 0.844. The van der Waals surface area contributed by atoms with E-state index in [0.29, 0.717) is 0 Å². The molecule has 1 aliphatic carbocycles. The van der Waals surface area contributed by atoms with Crippen LogP contribution in [0.25, 0.3) is 0 Å². The summed E-state index contributed by atoms with van der Waals surface area (Å²) in [5.41, 5.74) is 8.31. The zero-order valence-electron chi connectivity index (χ0n) is 29.1. The van der Waals surface area contributed by atoms with Gasteiger partial charge in [-0.2, -0.15) is 0 Å². The van der Waals surface area contributed by atoms with Gasteiger partial charge < -0.3 is 0 Å². The molecule has 2 aromatic carbocycles. The summed E-state index contributed by atoms with van der Waals surface area (Å²) in [5.74, 6) is 2.70. The Kier molecular flexibility index (Phi) is 29.6. The van der Waals surface area contributed by atoms with Crippen molar-refractivity contribution in [2.24, 2.45) is 17.8 Å². The summed E-state index contributed by atoms with van der Waals surface area (Å²) in [5, 5.41) is 0. The van der Waals surface area contributed by atoms with E-state index in [1.807, 2.05) is 13.8 Å². The molecular weight excluding hydrogens is 468 g/mol. The Bertz CT molecular complexity index is 783. The maximum Gasteiger partial charge on any atom is -0.0208 e. The van der Waals surface area contributed by atoms with Gasteiger partial charge in [-0.15, -0.1) is 0 Å². The molecule has 2 aromatic rings. The van der Waals surface area contributed by atoms with Crippen molar-refractivity contribution in [2.45, 2.75) is 148 Å². The smallest absolute Gasteiger partial charge is 0.0208 e. The maximum atomic E-state index is 4.00. The Balaban J connectivity index is -0.000000424. The first-order valence-corrected chi connectivity index (χ1v) is 16.2. The maximum absolute atomic E-state index is 4.00. The quantitative estimate of drug-likeness (QED) is 0.339. The molecular formula is C39H70. The normalized spacial score (nSPS) is 15.3. The largest absolute Gasteiger partial charge is 0.0999 e. The molecule has 0 heterocycles. The standard InChI is InChI=1S/C10H18.C10H14.C8H10.C5H12.C4H10.C2H6/c1-8(2)10-6-4-9(3)5-7-10;1-4-10-6-5-8(2)7-9(10)3;1-7-4-3-5-8(2)6-7;1-4-5(2)3;1-3-4-2;1-2/h9-10H,1,4-7H2,2-3H3;5-7H,4H2,1-3H3;3-6H,1-2H3;5H,4H2,1-3H3;3-4H2,1-2H3;1-2H3. The average Bonchev–Trinajstić information content (AvgIpc) is 2.91. The van der Waals surface area contributed by atoms with E-state index >= 15 is 0 Å². The molecule has 39 heavy (non-hydrogen) atoms. The average molecular weight is 539 g/mol. The van der Waals surface area contributed by atoms with Crippen molar-refractivity contribution >= 4 is 0 Å². The molecule has 1 saturated carbocycles. The topological polar surface area (TPSA) is 0 Å². The summed E-state index contributed by atoms with van der Waals surface area (Å²) in [6, 6.07) is 15.1. The number of aryl methyl sites for hydroxylation is 5. The highest BCUT2D eigenvalue weighted by Crippen LogP contribution is 2.31. The van der Waals surface area contributed by atoms with Crippen molar-refractivity contribution in [2.75, 3.05) is 0 Å². The highest BCUT2D eigenvalue weighted by molar-refractivity contribution is 5.30. The minimum Gasteiger partial charge on any atom is -0.0999 e. The van der Waals surface area contributed by atoms with E-state index in [0.717, 1.165) is 24.2 Å². The lowest BCUT2D eigenvalue weighted by atomic mass is 9.80. The van der Waals surface area contributed by atoms with E-state index in [1.165, 1.54) is 78.3 Å². The van der Waals surface area contributed by atoms with E-state index in [1.54, 1.807) is 0 Å². The summed E-state index contributed by atoms with van der Waals surface area (Å²) in [7, 11) is 0. The van der Waals surface area contributed by atoms with Crippen LogP contribution in [0.5, 0.6) is 0 Å². The molecule has 0 aromatic heterocycles. The van der Waals surface area contributed by atoms with Crippen LogP contribution in [0, 0.1) is 45.4 Å². The molecule has 0 radical (unpaired) electrons. The highest BCUT2D eigenvalue weighted by atomic mass is 14.2. The lowest BCUT2D eigenvalue weighted by molar-refractivity contribution is 0.321. The van der Waals surface area contributed by atoms with Gasteiger partial charge in [-0.1, -0.05) is 166 Å². The summed E-state index contributed by atoms with van der Waals surface area (Å²) in [6.45, 7) is 34.2. The number of hydrogen-bond donors (Lipinski definition) is 0. The molecule has 1 aliphatic rings. The molecule has 0 bridgehead atoms. The van der Waals surface area contributed by atoms with Gasteiger partial charge in [0.25, 0.3) is 0 Å². The van der Waals surface area contributed by atoms with Gasteiger partial charge in [0.2, 0.25) is 0 Å². The Morgan fingerprint density at radius 2 is 1.21 bits per heavy atom. The van der Waals surface area contributed by atoms with E-state index in [-0.39, 0.29) is 0 Å². The molecule has 3 rings (SSSR count). The van der Waals surface area contributed by atoms with Crippen LogP contribution in [0.4, 0.5) is 0 Å². The molecule has 0 N–H and O–H groups in total. The van der Waals surface area contributed by atoms with Crippen molar-refractivity contribution in [3.05, 3.63) is 82.4 Å². The zero-order chi connectivity index (χ0) is 30.8. The molecule has 0 amide bonds. The van der Waals surface area contributed by atoms with Gasteiger partial charge in [0.1, 0.15) is 0 Å². The molecule has 0 aliphatic heterocycles. The molecule has 1 fully saturated rings. The fraction of sp³-hybridized carbons (Fsp3) is 0.641. The van der Waals surface area contributed by atoms with E-state index < -0.39 is 0 Å². The van der Waals surface area contributed by atoms with Crippen LogP contribution in [0.1, 0.15) is 142 Å². The Morgan fingerprint density at radius 1 is 0.769 bits per heavy atom. The highest BCUT2D eigenvalue weighted by Gasteiger charge is 2.17. The van der Waals surface area contributed by atoms with Crippen molar-refractivity contribution in [1.29, 1.82) is 0 Å². The van der Waals surface area contributed by atoms with Gasteiger partial charge in [-0.05, 0) is 82.8 Å². The Hall–Kier alpha value is -1.82. The molecule has 0 unspecified atom stereocenters. The second kappa shape index (κ2) is 27.7. The number of unbranched alkanes of at least 4 members (excludes halogenated alkanes) is 1. The third-order valence-electron chi connectivity index (χ3n) is 7.08. The van der Waals surface area contributed by atoms with Crippen molar-refractivity contribution in [3.63, 3.8) is 0 Å². The second-order valence-corrected chi connectivity index (χ2v) is 11.5. The number of benzene rings is 2. The number of allylic oxidation sites excluding steroid dienone is 1. The molecule has 0 heteroatoms. The van der Waals surface area contributed by atoms with Crippen LogP contribution in [0.2, 0.25) is 0 Å². The fourth-order valence-electron chi connectivity index (χ4n) is 3.80. The van der Waals surface area contributed by atoms with Crippen LogP contribution in [0.15, 0.2) is 54.6 Å². The van der Waals surface area contributed by atoms with Gasteiger partial charge in [-0.3, -0.25) is 0 Å². The Morgan fingerprint density at radius 3 is 1.49 bits per heavy atom. The summed E-state index contributed by atoms with van der Waals surface area (Å²) in [4.78, 5) is 0. The van der Waals surface area contributed by atoms with E-state index in [2.05, 4.69) is 132 Å². The first-order chi connectivity index (χ1) is 18.4. The monoisotopic (exact) mass is 539 g/mol. The van der Waals surface area contributed by atoms with Crippen molar-refractivity contribution in [1.82, 2.24) is 0 Å².